The van der Waals surface area contributed by atoms with Crippen LogP contribution in [0.3, 0.4) is 0 Å². The highest BCUT2D eigenvalue weighted by molar-refractivity contribution is 6.00. The zero-order chi connectivity index (χ0) is 18.3. The van der Waals surface area contributed by atoms with Gasteiger partial charge in [-0.25, -0.2) is 9.59 Å². The second kappa shape index (κ2) is 8.90. The van der Waals surface area contributed by atoms with Crippen LogP contribution in [-0.2, 0) is 19.1 Å². The molecule has 4 heteroatoms. The minimum absolute atomic E-state index is 0.119. The Bertz CT molecular complexity index is 471. The van der Waals surface area contributed by atoms with E-state index in [9.17, 15) is 9.59 Å². The molecular weight excluding hydrogens is 292 g/mol. The maximum atomic E-state index is 12.3. The van der Waals surface area contributed by atoms with Gasteiger partial charge in [0.05, 0.1) is 18.8 Å². The van der Waals surface area contributed by atoms with Crippen molar-refractivity contribution in [2.45, 2.75) is 61.8 Å². The van der Waals surface area contributed by atoms with Crippen molar-refractivity contribution in [3.05, 3.63) is 23.3 Å². The predicted molar refractivity (Wildman–Crippen MR) is 93.0 cm³/mol. The van der Waals surface area contributed by atoms with E-state index >= 15 is 0 Å². The molecule has 0 saturated heterocycles. The summed E-state index contributed by atoms with van der Waals surface area (Å²) in [7, 11) is 0. The molecule has 0 amide bonds. The number of hydrogen-bond acceptors (Lipinski definition) is 4. The van der Waals surface area contributed by atoms with E-state index in [0.717, 1.165) is 0 Å². The van der Waals surface area contributed by atoms with E-state index in [1.165, 1.54) is 0 Å². The molecule has 0 aromatic rings. The van der Waals surface area contributed by atoms with Gasteiger partial charge in [0.25, 0.3) is 0 Å². The standard InChI is InChI=1S/C19H32O4/c1-9-10-11-15(17(21)23-13-19(6,7)8)14(2)16(20)22-12-18(3,4)5/h9-10H,11-13H2,1-8H3. The number of ether oxygens (including phenoxy) is 2. The summed E-state index contributed by atoms with van der Waals surface area (Å²) in [5, 5.41) is 0. The van der Waals surface area contributed by atoms with Crippen molar-refractivity contribution in [3.63, 3.8) is 0 Å². The molecule has 0 bridgehead atoms. The largest absolute Gasteiger partial charge is 0.462 e. The van der Waals surface area contributed by atoms with Crippen LogP contribution in [0.2, 0.25) is 0 Å². The van der Waals surface area contributed by atoms with Gasteiger partial charge in [-0.15, -0.1) is 0 Å². The summed E-state index contributed by atoms with van der Waals surface area (Å²) in [4.78, 5) is 24.5. The molecule has 4 nitrogen and oxygen atoms in total. The van der Waals surface area contributed by atoms with Gasteiger partial charge in [-0.05, 0) is 31.1 Å². The van der Waals surface area contributed by atoms with Gasteiger partial charge >= 0.3 is 11.9 Å². The molecule has 0 radical (unpaired) electrons. The third kappa shape index (κ3) is 9.93. The predicted octanol–water partition coefficient (Wildman–Crippen LogP) is 4.45. The number of rotatable bonds is 6. The lowest BCUT2D eigenvalue weighted by atomic mass is 9.98. The molecule has 0 rings (SSSR count). The Kier molecular flexibility index (Phi) is 8.29. The summed E-state index contributed by atoms with van der Waals surface area (Å²) >= 11 is 0. The van der Waals surface area contributed by atoms with Crippen LogP contribution in [0.15, 0.2) is 23.3 Å². The zero-order valence-electron chi connectivity index (χ0n) is 15.9. The molecule has 0 aromatic heterocycles. The number of carbonyl (C=O) groups excluding carboxylic acids is 2. The van der Waals surface area contributed by atoms with Crippen LogP contribution in [0.25, 0.3) is 0 Å². The molecule has 0 spiro atoms. The highest BCUT2D eigenvalue weighted by atomic mass is 16.5. The fourth-order valence-electron chi connectivity index (χ4n) is 1.51. The Morgan fingerprint density at radius 2 is 1.30 bits per heavy atom. The van der Waals surface area contributed by atoms with Gasteiger partial charge in [-0.1, -0.05) is 53.7 Å². The van der Waals surface area contributed by atoms with Gasteiger partial charge in [0, 0.05) is 5.57 Å². The maximum absolute atomic E-state index is 12.3. The molecule has 23 heavy (non-hydrogen) atoms. The third-order valence-corrected chi connectivity index (χ3v) is 2.84. The van der Waals surface area contributed by atoms with E-state index in [-0.39, 0.29) is 10.8 Å². The van der Waals surface area contributed by atoms with Crippen LogP contribution in [-0.4, -0.2) is 25.2 Å². The van der Waals surface area contributed by atoms with Crippen molar-refractivity contribution in [2.24, 2.45) is 10.8 Å². The second-order valence-electron chi connectivity index (χ2n) is 8.15. The molecule has 0 aromatic carbocycles. The fraction of sp³-hybridized carbons (Fsp3) is 0.684. The Morgan fingerprint density at radius 3 is 1.70 bits per heavy atom. The molecule has 0 heterocycles. The number of allylic oxidation sites excluding steroid dienone is 2. The second-order valence-corrected chi connectivity index (χ2v) is 8.15. The first kappa shape index (κ1) is 21.4. The Balaban J connectivity index is 5.16. The molecule has 0 unspecified atom stereocenters. The van der Waals surface area contributed by atoms with E-state index < -0.39 is 11.9 Å². The molecule has 0 aliphatic rings. The average molecular weight is 324 g/mol. The van der Waals surface area contributed by atoms with E-state index in [1.54, 1.807) is 6.92 Å². The van der Waals surface area contributed by atoms with Gasteiger partial charge in [-0.2, -0.15) is 0 Å². The first-order chi connectivity index (χ1) is 10.4. The summed E-state index contributed by atoms with van der Waals surface area (Å²) in [5.41, 5.74) is 0.422. The van der Waals surface area contributed by atoms with Crippen molar-refractivity contribution in [1.29, 1.82) is 0 Å². The molecule has 0 aliphatic carbocycles. The average Bonchev–Trinajstić information content (AvgIpc) is 2.41. The summed E-state index contributed by atoms with van der Waals surface area (Å²) in [6, 6.07) is 0. The SMILES string of the molecule is CC=CCC(C(=O)OCC(C)(C)C)=C(C)C(=O)OCC(C)(C)C. The lowest BCUT2D eigenvalue weighted by Gasteiger charge is -2.20. The Morgan fingerprint density at radius 1 is 0.870 bits per heavy atom. The van der Waals surface area contributed by atoms with Crippen molar-refractivity contribution < 1.29 is 19.1 Å². The Labute approximate surface area is 140 Å². The van der Waals surface area contributed by atoms with Crippen LogP contribution in [0.4, 0.5) is 0 Å². The van der Waals surface area contributed by atoms with Gasteiger partial charge in [0.15, 0.2) is 0 Å². The molecule has 132 valence electrons. The molecular formula is C19H32O4. The zero-order valence-corrected chi connectivity index (χ0v) is 15.9. The highest BCUT2D eigenvalue weighted by Gasteiger charge is 2.22. The topological polar surface area (TPSA) is 52.6 Å². The van der Waals surface area contributed by atoms with E-state index in [0.29, 0.717) is 30.8 Å². The van der Waals surface area contributed by atoms with Crippen molar-refractivity contribution in [2.75, 3.05) is 13.2 Å². The maximum Gasteiger partial charge on any atom is 0.334 e. The van der Waals surface area contributed by atoms with Crippen LogP contribution in [0, 0.1) is 10.8 Å². The Hall–Kier alpha value is -1.58. The van der Waals surface area contributed by atoms with Crippen LogP contribution >= 0.6 is 0 Å². The smallest absolute Gasteiger partial charge is 0.334 e. The van der Waals surface area contributed by atoms with E-state index in [2.05, 4.69) is 0 Å². The van der Waals surface area contributed by atoms with E-state index in [4.69, 9.17) is 9.47 Å². The lowest BCUT2D eigenvalue weighted by Crippen LogP contribution is -2.23. The third-order valence-electron chi connectivity index (χ3n) is 2.84. The summed E-state index contributed by atoms with van der Waals surface area (Å²) in [6.07, 6.45) is 4.02. The van der Waals surface area contributed by atoms with Crippen molar-refractivity contribution in [1.82, 2.24) is 0 Å². The van der Waals surface area contributed by atoms with Crippen molar-refractivity contribution >= 4 is 11.9 Å². The van der Waals surface area contributed by atoms with E-state index in [1.807, 2.05) is 60.6 Å². The summed E-state index contributed by atoms with van der Waals surface area (Å²) in [6.45, 7) is 16.0. The van der Waals surface area contributed by atoms with Gasteiger partial charge in [-0.3, -0.25) is 0 Å². The first-order valence-electron chi connectivity index (χ1n) is 8.02. The summed E-state index contributed by atoms with van der Waals surface area (Å²) in [5.74, 6) is -0.921. The quantitative estimate of drug-likeness (QED) is 0.411. The van der Waals surface area contributed by atoms with Gasteiger partial charge in [0.2, 0.25) is 0 Å². The minimum atomic E-state index is -0.466. The number of hydrogen-bond donors (Lipinski definition) is 0. The fourth-order valence-corrected chi connectivity index (χ4v) is 1.51. The number of carbonyl (C=O) groups is 2. The van der Waals surface area contributed by atoms with Crippen molar-refractivity contribution in [3.8, 4) is 0 Å². The number of esters is 2. The normalized spacial score (nSPS) is 13.7. The molecule has 0 fully saturated rings. The lowest BCUT2D eigenvalue weighted by molar-refractivity contribution is -0.145. The molecule has 0 aliphatic heterocycles. The monoisotopic (exact) mass is 324 g/mol. The van der Waals surface area contributed by atoms with Gasteiger partial charge < -0.3 is 9.47 Å². The first-order valence-corrected chi connectivity index (χ1v) is 8.02. The highest BCUT2D eigenvalue weighted by Crippen LogP contribution is 2.19. The van der Waals surface area contributed by atoms with Gasteiger partial charge in [0.1, 0.15) is 0 Å². The van der Waals surface area contributed by atoms with Crippen LogP contribution in [0.5, 0.6) is 0 Å². The minimum Gasteiger partial charge on any atom is -0.462 e. The molecule has 0 saturated carbocycles. The van der Waals surface area contributed by atoms with Crippen LogP contribution < -0.4 is 0 Å². The molecule has 0 N–H and O–H groups in total. The molecule has 0 atom stereocenters. The summed E-state index contributed by atoms with van der Waals surface area (Å²) < 4.78 is 10.6. The van der Waals surface area contributed by atoms with Crippen LogP contribution in [0.1, 0.15) is 61.8 Å².